The number of hydrogen-bond donors (Lipinski definition) is 1. The number of ether oxygens (including phenoxy) is 3. The van der Waals surface area contributed by atoms with E-state index >= 15 is 0 Å². The molecule has 0 aliphatic carbocycles. The van der Waals surface area contributed by atoms with Crippen molar-refractivity contribution < 1.29 is 23.8 Å². The van der Waals surface area contributed by atoms with Gasteiger partial charge in [0, 0.05) is 23.9 Å². The number of thiazole rings is 1. The van der Waals surface area contributed by atoms with Crippen LogP contribution in [-0.4, -0.2) is 37.7 Å². The summed E-state index contributed by atoms with van der Waals surface area (Å²) in [7, 11) is 3.03. The third-order valence-electron chi connectivity index (χ3n) is 3.06. The van der Waals surface area contributed by atoms with Crippen molar-refractivity contribution in [3.63, 3.8) is 0 Å². The number of amides is 1. The van der Waals surface area contributed by atoms with Gasteiger partial charge in [-0.2, -0.15) is 0 Å². The average Bonchev–Trinajstić information content (AvgIpc) is 2.90. The number of anilines is 1. The first kappa shape index (κ1) is 17.7. The average molecular weight is 350 g/mol. The fourth-order valence-corrected chi connectivity index (χ4v) is 2.81. The van der Waals surface area contributed by atoms with Crippen LogP contribution in [0.15, 0.2) is 18.2 Å². The normalized spacial score (nSPS) is 10.2. The first-order valence-corrected chi connectivity index (χ1v) is 7.88. The van der Waals surface area contributed by atoms with E-state index in [4.69, 9.17) is 14.2 Å². The molecular formula is C16H18N2O5S. The molecule has 1 aromatic heterocycles. The number of hydrogen-bond acceptors (Lipinski definition) is 7. The predicted molar refractivity (Wildman–Crippen MR) is 90.0 cm³/mol. The van der Waals surface area contributed by atoms with Gasteiger partial charge in [0.05, 0.1) is 24.9 Å². The molecule has 2 aromatic rings. The van der Waals surface area contributed by atoms with Crippen LogP contribution >= 0.6 is 11.3 Å². The topological polar surface area (TPSA) is 86.8 Å². The fraction of sp³-hybridized carbons (Fsp3) is 0.312. The zero-order valence-electron chi connectivity index (χ0n) is 13.8. The van der Waals surface area contributed by atoms with Crippen LogP contribution in [0.25, 0.3) is 0 Å². The monoisotopic (exact) mass is 350 g/mol. The van der Waals surface area contributed by atoms with Crippen molar-refractivity contribution >= 4 is 28.9 Å². The van der Waals surface area contributed by atoms with Crippen LogP contribution in [0.4, 0.5) is 5.69 Å². The number of esters is 1. The summed E-state index contributed by atoms with van der Waals surface area (Å²) in [5.74, 6) is 0.0591. The molecule has 1 N–H and O–H groups in total. The van der Waals surface area contributed by atoms with Gasteiger partial charge in [0.1, 0.15) is 16.4 Å². The van der Waals surface area contributed by atoms with Crippen molar-refractivity contribution in [1.82, 2.24) is 4.98 Å². The molecule has 0 atom stereocenters. The van der Waals surface area contributed by atoms with E-state index in [1.165, 1.54) is 25.6 Å². The van der Waals surface area contributed by atoms with Crippen LogP contribution in [0.2, 0.25) is 0 Å². The van der Waals surface area contributed by atoms with Gasteiger partial charge in [-0.15, -0.1) is 11.3 Å². The minimum absolute atomic E-state index is 0.394. The molecule has 128 valence electrons. The summed E-state index contributed by atoms with van der Waals surface area (Å²) in [4.78, 5) is 28.5. The highest BCUT2D eigenvalue weighted by Gasteiger charge is 2.17. The van der Waals surface area contributed by atoms with Gasteiger partial charge < -0.3 is 19.5 Å². The lowest BCUT2D eigenvalue weighted by molar-refractivity contribution is -0.119. The Morgan fingerprint density at radius 2 is 1.75 bits per heavy atom. The molecule has 1 amide bonds. The van der Waals surface area contributed by atoms with E-state index < -0.39 is 18.5 Å². The number of carbonyl (C=O) groups is 2. The molecule has 2 rings (SSSR count). The Labute approximate surface area is 143 Å². The van der Waals surface area contributed by atoms with E-state index in [-0.39, 0.29) is 0 Å². The zero-order chi connectivity index (χ0) is 17.7. The number of nitrogens with zero attached hydrogens (tertiary/aromatic N) is 1. The second-order valence-electron chi connectivity index (χ2n) is 4.87. The molecule has 8 heteroatoms. The number of aromatic nitrogens is 1. The summed E-state index contributed by atoms with van der Waals surface area (Å²) >= 11 is 1.24. The Balaban J connectivity index is 1.96. The second-order valence-corrected chi connectivity index (χ2v) is 6.08. The smallest absolute Gasteiger partial charge is 0.350 e. The SMILES string of the molecule is COc1cc(NC(=O)COC(=O)c2sc(C)nc2C)cc(OC)c1. The van der Waals surface area contributed by atoms with Gasteiger partial charge in [0.2, 0.25) is 0 Å². The minimum Gasteiger partial charge on any atom is -0.497 e. The second kappa shape index (κ2) is 7.78. The van der Waals surface area contributed by atoms with Crippen LogP contribution in [-0.2, 0) is 9.53 Å². The van der Waals surface area contributed by atoms with Gasteiger partial charge in [-0.3, -0.25) is 4.79 Å². The lowest BCUT2D eigenvalue weighted by Crippen LogP contribution is -2.21. The number of benzene rings is 1. The summed E-state index contributed by atoms with van der Waals surface area (Å²) in [6.07, 6.45) is 0. The molecular weight excluding hydrogens is 332 g/mol. The van der Waals surface area contributed by atoms with Crippen LogP contribution < -0.4 is 14.8 Å². The molecule has 0 saturated carbocycles. The molecule has 0 unspecified atom stereocenters. The Morgan fingerprint density at radius 3 is 2.25 bits per heavy atom. The van der Waals surface area contributed by atoms with Crippen molar-refractivity contribution in [2.45, 2.75) is 13.8 Å². The Morgan fingerprint density at radius 1 is 1.12 bits per heavy atom. The largest absolute Gasteiger partial charge is 0.497 e. The number of rotatable bonds is 6. The third kappa shape index (κ3) is 4.45. The molecule has 0 radical (unpaired) electrons. The number of nitrogens with one attached hydrogen (secondary N) is 1. The summed E-state index contributed by atoms with van der Waals surface area (Å²) in [5, 5.41) is 3.40. The van der Waals surface area contributed by atoms with Gasteiger partial charge in [-0.05, 0) is 13.8 Å². The van der Waals surface area contributed by atoms with Gasteiger partial charge >= 0.3 is 5.97 Å². The van der Waals surface area contributed by atoms with E-state index in [2.05, 4.69) is 10.3 Å². The summed E-state index contributed by atoms with van der Waals surface area (Å²) in [6.45, 7) is 3.13. The van der Waals surface area contributed by atoms with Crippen molar-refractivity contribution in [2.24, 2.45) is 0 Å². The van der Waals surface area contributed by atoms with E-state index in [1.54, 1.807) is 32.0 Å². The Bertz CT molecular complexity index is 735. The molecule has 7 nitrogen and oxygen atoms in total. The summed E-state index contributed by atoms with van der Waals surface area (Å²) < 4.78 is 15.3. The molecule has 24 heavy (non-hydrogen) atoms. The molecule has 1 heterocycles. The quantitative estimate of drug-likeness (QED) is 0.806. The van der Waals surface area contributed by atoms with Crippen LogP contribution in [0, 0.1) is 13.8 Å². The van der Waals surface area contributed by atoms with E-state index in [0.29, 0.717) is 27.8 Å². The highest BCUT2D eigenvalue weighted by molar-refractivity contribution is 7.13. The molecule has 1 aromatic carbocycles. The molecule has 0 fully saturated rings. The van der Waals surface area contributed by atoms with Gasteiger partial charge in [0.25, 0.3) is 5.91 Å². The lowest BCUT2D eigenvalue weighted by atomic mass is 10.2. The molecule has 0 spiro atoms. The first-order valence-electron chi connectivity index (χ1n) is 7.07. The Kier molecular flexibility index (Phi) is 5.75. The van der Waals surface area contributed by atoms with Gasteiger partial charge in [0.15, 0.2) is 6.61 Å². The van der Waals surface area contributed by atoms with Crippen LogP contribution in [0.5, 0.6) is 11.5 Å². The standard InChI is InChI=1S/C16H18N2O5S/c1-9-15(24-10(2)17-9)16(20)23-8-14(19)18-11-5-12(21-3)7-13(6-11)22-4/h5-7H,8H2,1-4H3,(H,18,19). The predicted octanol–water partition coefficient (Wildman–Crippen LogP) is 2.57. The van der Waals surface area contributed by atoms with E-state index in [0.717, 1.165) is 5.01 Å². The van der Waals surface area contributed by atoms with Crippen molar-refractivity contribution in [3.05, 3.63) is 33.8 Å². The van der Waals surface area contributed by atoms with Crippen LogP contribution in [0.1, 0.15) is 20.4 Å². The maximum Gasteiger partial charge on any atom is 0.350 e. The summed E-state index contributed by atoms with van der Waals surface area (Å²) in [5.41, 5.74) is 1.08. The highest BCUT2D eigenvalue weighted by atomic mass is 32.1. The molecule has 0 saturated heterocycles. The minimum atomic E-state index is -0.559. The molecule has 0 aliphatic rings. The van der Waals surface area contributed by atoms with Crippen molar-refractivity contribution in [1.29, 1.82) is 0 Å². The molecule has 0 aliphatic heterocycles. The summed E-state index contributed by atoms with van der Waals surface area (Å²) in [6, 6.07) is 4.96. The van der Waals surface area contributed by atoms with Gasteiger partial charge in [-0.1, -0.05) is 0 Å². The fourth-order valence-electron chi connectivity index (χ4n) is 1.99. The van der Waals surface area contributed by atoms with Gasteiger partial charge in [-0.25, -0.2) is 9.78 Å². The number of aryl methyl sites for hydroxylation is 2. The van der Waals surface area contributed by atoms with Crippen LogP contribution in [0.3, 0.4) is 0 Å². The molecule has 0 bridgehead atoms. The number of carbonyl (C=O) groups excluding carboxylic acids is 2. The Hall–Kier alpha value is -2.61. The van der Waals surface area contributed by atoms with E-state index in [9.17, 15) is 9.59 Å². The maximum atomic E-state index is 12.0. The highest BCUT2D eigenvalue weighted by Crippen LogP contribution is 2.25. The zero-order valence-corrected chi connectivity index (χ0v) is 14.7. The van der Waals surface area contributed by atoms with Crippen molar-refractivity contribution in [2.75, 3.05) is 26.1 Å². The van der Waals surface area contributed by atoms with Crippen molar-refractivity contribution in [3.8, 4) is 11.5 Å². The number of methoxy groups -OCH3 is 2. The van der Waals surface area contributed by atoms with E-state index in [1.807, 2.05) is 0 Å². The third-order valence-corrected chi connectivity index (χ3v) is 4.11. The maximum absolute atomic E-state index is 12.0. The first-order chi connectivity index (χ1) is 11.4. The lowest BCUT2D eigenvalue weighted by Gasteiger charge is -2.10.